The Balaban J connectivity index is 2.31. The van der Waals surface area contributed by atoms with Gasteiger partial charge >= 0.3 is 0 Å². The third kappa shape index (κ3) is 8.69. The van der Waals surface area contributed by atoms with Crippen molar-refractivity contribution in [1.29, 1.82) is 0 Å². The molecule has 0 saturated carbocycles. The maximum Gasteiger partial charge on any atom is 0.206 e. The second-order valence-electron chi connectivity index (χ2n) is 7.84. The first-order valence-electron chi connectivity index (χ1n) is 10.3. The molecular formula is C24H26Br4O6S. The minimum absolute atomic E-state index is 0.0738. The van der Waals surface area contributed by atoms with Crippen LogP contribution in [0.2, 0.25) is 0 Å². The minimum atomic E-state index is -3.88. The predicted octanol–water partition coefficient (Wildman–Crippen LogP) is 8.20. The minimum Gasteiger partial charge on any atom is -0.463 e. The highest BCUT2D eigenvalue weighted by Crippen LogP contribution is 2.41. The molecule has 0 saturated heterocycles. The van der Waals surface area contributed by atoms with Gasteiger partial charge in [-0.2, -0.15) is 0 Å². The first-order chi connectivity index (χ1) is 16.2. The lowest BCUT2D eigenvalue weighted by Crippen LogP contribution is -2.18. The summed E-state index contributed by atoms with van der Waals surface area (Å²) in [5.74, 6) is 0.848. The van der Waals surface area contributed by atoms with Gasteiger partial charge in [0.05, 0.1) is 40.9 Å². The molecule has 2 aromatic rings. The highest BCUT2D eigenvalue weighted by atomic mass is 79.9. The highest BCUT2D eigenvalue weighted by Gasteiger charge is 2.25. The van der Waals surface area contributed by atoms with Crippen molar-refractivity contribution in [2.45, 2.75) is 50.1 Å². The maximum atomic E-state index is 13.4. The van der Waals surface area contributed by atoms with Crippen molar-refractivity contribution in [1.82, 2.24) is 0 Å². The average Bonchev–Trinajstić information content (AvgIpc) is 2.75. The van der Waals surface area contributed by atoms with Gasteiger partial charge in [0.1, 0.15) is 0 Å². The number of hydrogen-bond acceptors (Lipinski definition) is 6. The summed E-state index contributed by atoms with van der Waals surface area (Å²) in [4.78, 5) is 0.148. The highest BCUT2D eigenvalue weighted by molar-refractivity contribution is 9.11. The molecule has 0 amide bonds. The lowest BCUT2D eigenvalue weighted by molar-refractivity contribution is -0.0583. The van der Waals surface area contributed by atoms with E-state index >= 15 is 0 Å². The van der Waals surface area contributed by atoms with Gasteiger partial charge in [0, 0.05) is 0 Å². The summed E-state index contributed by atoms with van der Waals surface area (Å²) < 4.78 is 51.5. The Morgan fingerprint density at radius 3 is 1.29 bits per heavy atom. The van der Waals surface area contributed by atoms with Crippen LogP contribution in [0.3, 0.4) is 0 Å². The fraction of sp³-hybridized carbons (Fsp3) is 0.333. The van der Waals surface area contributed by atoms with E-state index in [2.05, 4.69) is 76.9 Å². The third-order valence-corrected chi connectivity index (χ3v) is 8.33. The van der Waals surface area contributed by atoms with E-state index in [9.17, 15) is 8.42 Å². The van der Waals surface area contributed by atoms with Crippen molar-refractivity contribution in [2.75, 3.05) is 13.2 Å². The summed E-state index contributed by atoms with van der Waals surface area (Å²) >= 11 is 13.7. The van der Waals surface area contributed by atoms with Crippen LogP contribution in [-0.4, -0.2) is 34.2 Å². The molecule has 0 fully saturated rings. The molecule has 35 heavy (non-hydrogen) atoms. The Hall–Kier alpha value is -0.690. The van der Waals surface area contributed by atoms with Crippen molar-refractivity contribution in [3.63, 3.8) is 0 Å². The molecule has 0 aliphatic rings. The van der Waals surface area contributed by atoms with Gasteiger partial charge in [0.25, 0.3) is 0 Å². The van der Waals surface area contributed by atoms with Crippen molar-refractivity contribution in [3.05, 3.63) is 66.5 Å². The molecule has 2 atom stereocenters. The monoisotopic (exact) mass is 758 g/mol. The Morgan fingerprint density at radius 2 is 1.03 bits per heavy atom. The number of hydrogen-bond donors (Lipinski definition) is 0. The molecule has 0 N–H and O–H groups in total. The molecule has 0 spiro atoms. The van der Waals surface area contributed by atoms with Crippen LogP contribution < -0.4 is 9.47 Å². The largest absolute Gasteiger partial charge is 0.463 e. The van der Waals surface area contributed by atoms with E-state index in [1.807, 2.05) is 13.8 Å². The van der Waals surface area contributed by atoms with Gasteiger partial charge in [-0.15, -0.1) is 0 Å². The van der Waals surface area contributed by atoms with Crippen LogP contribution in [0, 0.1) is 0 Å². The number of benzene rings is 2. The van der Waals surface area contributed by atoms with Crippen LogP contribution in [0.1, 0.15) is 27.7 Å². The molecule has 0 radical (unpaired) electrons. The van der Waals surface area contributed by atoms with Crippen LogP contribution in [-0.2, 0) is 19.3 Å². The van der Waals surface area contributed by atoms with Gasteiger partial charge in [0.15, 0.2) is 24.1 Å². The maximum absolute atomic E-state index is 13.4. The number of sulfone groups is 1. The number of rotatable bonds is 12. The van der Waals surface area contributed by atoms with E-state index in [1.54, 1.807) is 13.8 Å². The zero-order valence-electron chi connectivity index (χ0n) is 19.7. The quantitative estimate of drug-likeness (QED) is 0.161. The molecule has 192 valence electrons. The molecule has 0 bridgehead atoms. The van der Waals surface area contributed by atoms with Gasteiger partial charge < -0.3 is 18.9 Å². The molecule has 0 aliphatic heterocycles. The summed E-state index contributed by atoms with van der Waals surface area (Å²) in [7, 11) is -3.88. The molecule has 2 unspecified atom stereocenters. The Morgan fingerprint density at radius 1 is 0.743 bits per heavy atom. The van der Waals surface area contributed by atoms with Gasteiger partial charge in [-0.25, -0.2) is 8.42 Å². The van der Waals surface area contributed by atoms with E-state index in [4.69, 9.17) is 18.9 Å². The lowest BCUT2D eigenvalue weighted by atomic mass is 10.3. The van der Waals surface area contributed by atoms with Crippen LogP contribution >= 0.6 is 63.7 Å². The fourth-order valence-electron chi connectivity index (χ4n) is 2.66. The van der Waals surface area contributed by atoms with E-state index in [0.29, 0.717) is 42.6 Å². The zero-order chi connectivity index (χ0) is 26.5. The van der Waals surface area contributed by atoms with Crippen molar-refractivity contribution in [2.24, 2.45) is 0 Å². The molecule has 0 heterocycles. The zero-order valence-corrected chi connectivity index (χ0v) is 26.8. The van der Waals surface area contributed by atoms with Gasteiger partial charge in [0.2, 0.25) is 9.84 Å². The standard InChI is InChI=1S/C24H26Br4O6S/c1-13(2)11-31-15(5)33-23-19(25)7-17(8-20(23)26)35(29,30)18-9-21(27)24(22(28)10-18)34-16(6)32-12-14(3)4/h7-10,15-16H,1,3,11-12H2,2,4-6H3. The topological polar surface area (TPSA) is 71.1 Å². The van der Waals surface area contributed by atoms with Crippen molar-refractivity contribution in [3.8, 4) is 11.5 Å². The number of halogens is 4. The van der Waals surface area contributed by atoms with Gasteiger partial charge in [-0.1, -0.05) is 24.3 Å². The van der Waals surface area contributed by atoms with Crippen LogP contribution in [0.5, 0.6) is 11.5 Å². The molecule has 11 heteroatoms. The molecular weight excluding hydrogens is 736 g/mol. The molecule has 0 aliphatic carbocycles. The number of ether oxygens (including phenoxy) is 4. The van der Waals surface area contributed by atoms with Crippen LogP contribution in [0.4, 0.5) is 0 Å². The first kappa shape index (κ1) is 30.5. The van der Waals surface area contributed by atoms with Crippen molar-refractivity contribution >= 4 is 73.6 Å². The summed E-state index contributed by atoms with van der Waals surface area (Å²) in [5.41, 5.74) is 1.73. The summed E-state index contributed by atoms with van der Waals surface area (Å²) in [6.07, 6.45) is -1.13. The lowest BCUT2D eigenvalue weighted by Gasteiger charge is -2.19. The fourth-order valence-corrected chi connectivity index (χ4v) is 7.38. The smallest absolute Gasteiger partial charge is 0.206 e. The molecule has 6 nitrogen and oxygen atoms in total. The average molecular weight is 762 g/mol. The predicted molar refractivity (Wildman–Crippen MR) is 151 cm³/mol. The van der Waals surface area contributed by atoms with E-state index < -0.39 is 22.4 Å². The summed E-state index contributed by atoms with van der Waals surface area (Å²) in [6, 6.07) is 5.95. The van der Waals surface area contributed by atoms with Gasteiger partial charge in [-0.3, -0.25) is 0 Å². The van der Waals surface area contributed by atoms with Crippen LogP contribution in [0.25, 0.3) is 0 Å². The van der Waals surface area contributed by atoms with Crippen molar-refractivity contribution < 1.29 is 27.4 Å². The summed E-state index contributed by atoms with van der Waals surface area (Å²) in [5, 5.41) is 0. The molecule has 2 aromatic carbocycles. The Labute approximate surface area is 240 Å². The SMILES string of the molecule is C=C(C)COC(C)Oc1c(Br)cc(S(=O)(=O)c2cc(Br)c(OC(C)OCC(=C)C)c(Br)c2)cc1Br. The Bertz CT molecular complexity index is 1080. The van der Waals surface area contributed by atoms with Crippen LogP contribution in [0.15, 0.2) is 76.3 Å². The van der Waals surface area contributed by atoms with E-state index in [-0.39, 0.29) is 9.79 Å². The molecule has 0 aromatic heterocycles. The van der Waals surface area contributed by atoms with Gasteiger partial charge in [-0.05, 0) is 116 Å². The third-order valence-electron chi connectivity index (χ3n) is 4.26. The second kappa shape index (κ2) is 13.2. The normalized spacial score (nSPS) is 13.3. The Kier molecular flexibility index (Phi) is 11.5. The summed E-state index contributed by atoms with van der Waals surface area (Å²) in [6.45, 7) is 15.5. The van der Waals surface area contributed by atoms with E-state index in [1.165, 1.54) is 24.3 Å². The van der Waals surface area contributed by atoms with E-state index in [0.717, 1.165) is 11.1 Å². The second-order valence-corrected chi connectivity index (χ2v) is 13.2. The molecule has 2 rings (SSSR count). The first-order valence-corrected chi connectivity index (χ1v) is 15.0.